The van der Waals surface area contributed by atoms with Crippen LogP contribution in [0.1, 0.15) is 12.5 Å². The Morgan fingerprint density at radius 1 is 1.53 bits per heavy atom. The van der Waals surface area contributed by atoms with Gasteiger partial charge in [0.1, 0.15) is 5.25 Å². The van der Waals surface area contributed by atoms with Crippen molar-refractivity contribution in [3.05, 3.63) is 40.9 Å². The van der Waals surface area contributed by atoms with Crippen molar-refractivity contribution >= 4 is 37.4 Å². The molecular weight excluding hydrogens is 330 g/mol. The molecule has 0 aromatic heterocycles. The number of anilines is 1. The smallest absolute Gasteiger partial charge is 0.242 e. The summed E-state index contributed by atoms with van der Waals surface area (Å²) in [6.45, 7) is 6.64. The van der Waals surface area contributed by atoms with E-state index in [4.69, 9.17) is 0 Å². The van der Waals surface area contributed by atoms with Crippen LogP contribution in [0.4, 0.5) is 5.69 Å². The molecule has 6 heteroatoms. The maximum Gasteiger partial charge on any atom is 0.242 e. The number of nitrogens with one attached hydrogen (secondary N) is 1. The fourth-order valence-electron chi connectivity index (χ4n) is 1.44. The quantitative estimate of drug-likeness (QED) is 0.834. The SMILES string of the molecule is C=CCS(=O)(=O)C(C)C(=O)Nc1ccc(Br)c(C)c1. The number of rotatable bonds is 5. The Morgan fingerprint density at radius 2 is 2.16 bits per heavy atom. The van der Waals surface area contributed by atoms with Crippen molar-refractivity contribution in [3.63, 3.8) is 0 Å². The summed E-state index contributed by atoms with van der Waals surface area (Å²) >= 11 is 3.36. The molecule has 0 aliphatic rings. The standard InChI is InChI=1S/C13H16BrNO3S/c1-4-7-19(17,18)10(3)13(16)15-11-5-6-12(14)9(2)8-11/h4-6,8,10H,1,7H2,2-3H3,(H,15,16). The van der Waals surface area contributed by atoms with Gasteiger partial charge in [-0.2, -0.15) is 0 Å². The van der Waals surface area contributed by atoms with E-state index in [2.05, 4.69) is 27.8 Å². The molecular formula is C13H16BrNO3S. The van der Waals surface area contributed by atoms with Gasteiger partial charge in [0.25, 0.3) is 0 Å². The second-order valence-corrected chi connectivity index (χ2v) is 7.43. The van der Waals surface area contributed by atoms with Gasteiger partial charge in [-0.05, 0) is 37.6 Å². The minimum absolute atomic E-state index is 0.207. The first-order valence-corrected chi connectivity index (χ1v) is 8.18. The third-order valence-corrected chi connectivity index (χ3v) is 5.57. The highest BCUT2D eigenvalue weighted by atomic mass is 79.9. The molecule has 0 aliphatic heterocycles. The minimum atomic E-state index is -3.49. The first-order chi connectivity index (χ1) is 8.77. The Hall–Kier alpha value is -1.14. The van der Waals surface area contributed by atoms with Crippen LogP contribution < -0.4 is 5.32 Å². The maximum atomic E-state index is 11.9. The van der Waals surface area contributed by atoms with Crippen LogP contribution in [0.2, 0.25) is 0 Å². The van der Waals surface area contributed by atoms with Crippen molar-refractivity contribution < 1.29 is 13.2 Å². The zero-order valence-electron chi connectivity index (χ0n) is 10.8. The van der Waals surface area contributed by atoms with E-state index < -0.39 is 21.0 Å². The summed E-state index contributed by atoms with van der Waals surface area (Å²) in [7, 11) is -3.49. The molecule has 0 saturated carbocycles. The predicted molar refractivity (Wildman–Crippen MR) is 81.0 cm³/mol. The lowest BCUT2D eigenvalue weighted by molar-refractivity contribution is -0.115. The van der Waals surface area contributed by atoms with E-state index in [0.717, 1.165) is 10.0 Å². The summed E-state index contributed by atoms with van der Waals surface area (Å²) in [5, 5.41) is 1.50. The van der Waals surface area contributed by atoms with Crippen molar-refractivity contribution in [2.24, 2.45) is 0 Å². The van der Waals surface area contributed by atoms with Crippen molar-refractivity contribution in [1.82, 2.24) is 0 Å². The predicted octanol–water partition coefficient (Wildman–Crippen LogP) is 2.69. The van der Waals surface area contributed by atoms with Gasteiger partial charge in [-0.3, -0.25) is 4.79 Å². The second kappa shape index (κ2) is 6.34. The largest absolute Gasteiger partial charge is 0.325 e. The molecule has 19 heavy (non-hydrogen) atoms. The van der Waals surface area contributed by atoms with Crippen LogP contribution in [-0.2, 0) is 14.6 Å². The number of sulfone groups is 1. The lowest BCUT2D eigenvalue weighted by atomic mass is 10.2. The fraction of sp³-hybridized carbons (Fsp3) is 0.308. The summed E-state index contributed by atoms with van der Waals surface area (Å²) in [6, 6.07) is 5.28. The highest BCUT2D eigenvalue weighted by molar-refractivity contribution is 9.10. The number of hydrogen-bond acceptors (Lipinski definition) is 3. The summed E-state index contributed by atoms with van der Waals surface area (Å²) in [6.07, 6.45) is 1.28. The van der Waals surface area contributed by atoms with E-state index in [0.29, 0.717) is 5.69 Å². The number of hydrogen-bond donors (Lipinski definition) is 1. The van der Waals surface area contributed by atoms with E-state index in [1.807, 2.05) is 6.92 Å². The van der Waals surface area contributed by atoms with Crippen LogP contribution in [0.25, 0.3) is 0 Å². The van der Waals surface area contributed by atoms with Gasteiger partial charge in [-0.25, -0.2) is 8.42 Å². The molecule has 0 spiro atoms. The molecule has 1 N–H and O–H groups in total. The molecule has 0 heterocycles. The first-order valence-electron chi connectivity index (χ1n) is 5.67. The maximum absolute atomic E-state index is 11.9. The van der Waals surface area contributed by atoms with Crippen molar-refractivity contribution in [2.45, 2.75) is 19.1 Å². The van der Waals surface area contributed by atoms with Gasteiger partial charge < -0.3 is 5.32 Å². The van der Waals surface area contributed by atoms with Crippen LogP contribution in [0, 0.1) is 6.92 Å². The second-order valence-electron chi connectivity index (χ2n) is 4.21. The molecule has 1 unspecified atom stereocenters. The van der Waals surface area contributed by atoms with Crippen LogP contribution >= 0.6 is 15.9 Å². The number of carbonyl (C=O) groups is 1. The molecule has 104 valence electrons. The van der Waals surface area contributed by atoms with Gasteiger partial charge in [0.15, 0.2) is 9.84 Å². The van der Waals surface area contributed by atoms with Crippen LogP contribution in [0.3, 0.4) is 0 Å². The van der Waals surface area contributed by atoms with Gasteiger partial charge in [0, 0.05) is 10.2 Å². The zero-order valence-corrected chi connectivity index (χ0v) is 13.2. The monoisotopic (exact) mass is 345 g/mol. The summed E-state index contributed by atoms with van der Waals surface area (Å²) in [4.78, 5) is 11.9. The zero-order chi connectivity index (χ0) is 14.6. The van der Waals surface area contributed by atoms with Crippen molar-refractivity contribution in [3.8, 4) is 0 Å². The number of amides is 1. The van der Waals surface area contributed by atoms with E-state index in [1.165, 1.54) is 13.0 Å². The Morgan fingerprint density at radius 3 is 2.68 bits per heavy atom. The summed E-state index contributed by atoms with van der Waals surface area (Å²) < 4.78 is 24.4. The average molecular weight is 346 g/mol. The van der Waals surface area contributed by atoms with Crippen molar-refractivity contribution in [1.29, 1.82) is 0 Å². The molecule has 0 radical (unpaired) electrons. The van der Waals surface area contributed by atoms with Gasteiger partial charge >= 0.3 is 0 Å². The van der Waals surface area contributed by atoms with Gasteiger partial charge in [-0.15, -0.1) is 6.58 Å². The molecule has 1 aromatic carbocycles. The van der Waals surface area contributed by atoms with Gasteiger partial charge in [-0.1, -0.05) is 22.0 Å². The van der Waals surface area contributed by atoms with E-state index in [1.54, 1.807) is 18.2 Å². The molecule has 1 amide bonds. The molecule has 1 rings (SSSR count). The third-order valence-electron chi connectivity index (χ3n) is 2.68. The Kier molecular flexibility index (Phi) is 5.31. The number of benzene rings is 1. The van der Waals surface area contributed by atoms with Gasteiger partial charge in [0.2, 0.25) is 5.91 Å². The third kappa shape index (κ3) is 4.18. The lowest BCUT2D eigenvalue weighted by Gasteiger charge is -2.12. The highest BCUT2D eigenvalue weighted by Gasteiger charge is 2.26. The topological polar surface area (TPSA) is 63.2 Å². The molecule has 1 atom stereocenters. The number of halogens is 1. The fourth-order valence-corrected chi connectivity index (χ4v) is 2.69. The van der Waals surface area contributed by atoms with Crippen LogP contribution in [-0.4, -0.2) is 25.3 Å². The minimum Gasteiger partial charge on any atom is -0.325 e. The Labute approximate surface area is 122 Å². The molecule has 1 aromatic rings. The Balaban J connectivity index is 2.85. The average Bonchev–Trinajstić information content (AvgIpc) is 2.32. The Bertz CT molecular complexity index is 596. The van der Waals surface area contributed by atoms with E-state index in [9.17, 15) is 13.2 Å². The summed E-state index contributed by atoms with van der Waals surface area (Å²) in [5.74, 6) is -0.746. The molecule has 0 saturated heterocycles. The molecule has 0 fully saturated rings. The summed E-state index contributed by atoms with van der Waals surface area (Å²) in [5.41, 5.74) is 1.53. The normalized spacial score (nSPS) is 12.8. The van der Waals surface area contributed by atoms with Gasteiger partial charge in [0.05, 0.1) is 5.75 Å². The molecule has 0 aliphatic carbocycles. The first kappa shape index (κ1) is 15.9. The lowest BCUT2D eigenvalue weighted by Crippen LogP contribution is -2.33. The highest BCUT2D eigenvalue weighted by Crippen LogP contribution is 2.20. The van der Waals surface area contributed by atoms with E-state index in [-0.39, 0.29) is 5.75 Å². The van der Waals surface area contributed by atoms with E-state index >= 15 is 0 Å². The molecule has 4 nitrogen and oxygen atoms in total. The number of carbonyl (C=O) groups excluding carboxylic acids is 1. The number of aryl methyl sites for hydroxylation is 1. The van der Waals surface area contributed by atoms with Crippen LogP contribution in [0.5, 0.6) is 0 Å². The molecule has 0 bridgehead atoms. The van der Waals surface area contributed by atoms with Crippen molar-refractivity contribution in [2.75, 3.05) is 11.1 Å². The van der Waals surface area contributed by atoms with Crippen LogP contribution in [0.15, 0.2) is 35.3 Å².